The second-order valence-electron chi connectivity index (χ2n) is 6.86. The first kappa shape index (κ1) is 20.8. The topological polar surface area (TPSA) is 77.0 Å². The Balaban J connectivity index is 1.52. The third-order valence-electron chi connectivity index (χ3n) is 4.83. The molecular weight excluding hydrogens is 368 g/mol. The van der Waals surface area contributed by atoms with Crippen LogP contribution in [0.25, 0.3) is 0 Å². The minimum absolute atomic E-state index is 0.270. The molecule has 0 radical (unpaired) electrons. The van der Waals surface area contributed by atoms with E-state index >= 15 is 0 Å². The van der Waals surface area contributed by atoms with Crippen LogP contribution >= 0.6 is 0 Å². The van der Waals surface area contributed by atoms with Gasteiger partial charge in [-0.25, -0.2) is 0 Å². The Morgan fingerprint density at radius 3 is 2.76 bits per heavy atom. The van der Waals surface area contributed by atoms with Gasteiger partial charge in [-0.05, 0) is 43.9 Å². The molecule has 3 rings (SSSR count). The van der Waals surface area contributed by atoms with Crippen LogP contribution in [0.2, 0.25) is 0 Å². The number of hydrogen-bond donors (Lipinski definition) is 2. The van der Waals surface area contributed by atoms with E-state index in [1.54, 1.807) is 26.6 Å². The Hall–Kier alpha value is -2.96. The summed E-state index contributed by atoms with van der Waals surface area (Å²) < 4.78 is 17.5. The highest BCUT2D eigenvalue weighted by Gasteiger charge is 2.20. The Kier molecular flexibility index (Phi) is 7.98. The highest BCUT2D eigenvalue weighted by atomic mass is 16.5. The van der Waals surface area contributed by atoms with Crippen molar-refractivity contribution in [2.45, 2.75) is 38.3 Å². The van der Waals surface area contributed by atoms with Gasteiger partial charge >= 0.3 is 0 Å². The van der Waals surface area contributed by atoms with Crippen LogP contribution in [0.5, 0.6) is 17.2 Å². The molecule has 1 aliphatic rings. The molecule has 0 atom stereocenters. The van der Waals surface area contributed by atoms with Crippen molar-refractivity contribution in [3.05, 3.63) is 48.3 Å². The summed E-state index contributed by atoms with van der Waals surface area (Å²) in [7, 11) is 3.43. The zero-order valence-corrected chi connectivity index (χ0v) is 17.2. The predicted octanol–water partition coefficient (Wildman–Crippen LogP) is 3.16. The number of guanidine groups is 1. The zero-order chi connectivity index (χ0) is 20.3. The van der Waals surface area contributed by atoms with Gasteiger partial charge in [0, 0.05) is 25.4 Å². The molecule has 1 aromatic carbocycles. The fourth-order valence-corrected chi connectivity index (χ4v) is 3.34. The maximum absolute atomic E-state index is 6.29. The van der Waals surface area contributed by atoms with E-state index in [0.29, 0.717) is 25.7 Å². The summed E-state index contributed by atoms with van der Waals surface area (Å²) in [6.45, 7) is 1.72. The van der Waals surface area contributed by atoms with Gasteiger partial charge in [-0.15, -0.1) is 0 Å². The number of nitrogens with one attached hydrogen (secondary N) is 2. The van der Waals surface area contributed by atoms with Gasteiger partial charge in [0.15, 0.2) is 17.5 Å². The molecule has 1 fully saturated rings. The quantitative estimate of drug-likeness (QED) is 0.384. The maximum Gasteiger partial charge on any atom is 0.191 e. The van der Waals surface area contributed by atoms with E-state index in [4.69, 9.17) is 14.2 Å². The van der Waals surface area contributed by atoms with Crippen LogP contribution in [0, 0.1) is 0 Å². The van der Waals surface area contributed by atoms with Gasteiger partial charge in [-0.3, -0.25) is 9.98 Å². The van der Waals surface area contributed by atoms with Crippen LogP contribution in [-0.2, 0) is 6.54 Å². The maximum atomic E-state index is 6.29. The summed E-state index contributed by atoms with van der Waals surface area (Å²) in [6.07, 6.45) is 8.35. The number of aliphatic imine (C=N–C) groups is 1. The van der Waals surface area contributed by atoms with Crippen molar-refractivity contribution in [3.63, 3.8) is 0 Å². The van der Waals surface area contributed by atoms with Crippen LogP contribution in [0.15, 0.2) is 47.7 Å². The molecule has 0 amide bonds. The Labute approximate surface area is 172 Å². The SMILES string of the molecule is CN=C(NCCOc1cccnc1)NCc1cccc(OC)c1OC1CCCC1. The molecule has 0 unspecified atom stereocenters. The molecular formula is C22H30N4O3. The molecule has 1 aliphatic carbocycles. The van der Waals surface area contributed by atoms with E-state index in [2.05, 4.69) is 26.7 Å². The summed E-state index contributed by atoms with van der Waals surface area (Å²) in [4.78, 5) is 8.31. The first-order valence-electron chi connectivity index (χ1n) is 10.1. The van der Waals surface area contributed by atoms with Gasteiger partial charge in [-0.1, -0.05) is 12.1 Å². The highest BCUT2D eigenvalue weighted by molar-refractivity contribution is 5.79. The van der Waals surface area contributed by atoms with E-state index in [1.807, 2.05) is 24.3 Å². The number of nitrogens with zero attached hydrogens (tertiary/aromatic N) is 2. The minimum atomic E-state index is 0.270. The van der Waals surface area contributed by atoms with Crippen molar-refractivity contribution in [2.24, 2.45) is 4.99 Å². The molecule has 0 saturated heterocycles. The van der Waals surface area contributed by atoms with E-state index in [1.165, 1.54) is 12.8 Å². The number of pyridine rings is 1. The van der Waals surface area contributed by atoms with E-state index in [-0.39, 0.29) is 6.10 Å². The van der Waals surface area contributed by atoms with Crippen LogP contribution in [-0.4, -0.2) is 44.4 Å². The van der Waals surface area contributed by atoms with Gasteiger partial charge in [0.1, 0.15) is 12.4 Å². The van der Waals surface area contributed by atoms with Gasteiger partial charge in [0.05, 0.1) is 26.0 Å². The molecule has 1 saturated carbocycles. The van der Waals surface area contributed by atoms with Crippen LogP contribution in [0.3, 0.4) is 0 Å². The van der Waals surface area contributed by atoms with E-state index < -0.39 is 0 Å². The lowest BCUT2D eigenvalue weighted by molar-refractivity contribution is 0.198. The lowest BCUT2D eigenvalue weighted by Crippen LogP contribution is -2.39. The molecule has 0 spiro atoms. The third-order valence-corrected chi connectivity index (χ3v) is 4.83. The lowest BCUT2D eigenvalue weighted by Gasteiger charge is -2.20. The van der Waals surface area contributed by atoms with Gasteiger partial charge in [-0.2, -0.15) is 0 Å². The molecule has 1 aromatic heterocycles. The Morgan fingerprint density at radius 2 is 2.03 bits per heavy atom. The molecule has 0 bridgehead atoms. The summed E-state index contributed by atoms with van der Waals surface area (Å²) in [5, 5.41) is 6.59. The molecule has 2 aromatic rings. The minimum Gasteiger partial charge on any atom is -0.493 e. The van der Waals surface area contributed by atoms with Crippen LogP contribution in [0.1, 0.15) is 31.2 Å². The highest BCUT2D eigenvalue weighted by Crippen LogP contribution is 2.34. The number of ether oxygens (including phenoxy) is 3. The summed E-state index contributed by atoms with van der Waals surface area (Å²) in [5.74, 6) is 3.05. The smallest absolute Gasteiger partial charge is 0.191 e. The summed E-state index contributed by atoms with van der Waals surface area (Å²) in [5.41, 5.74) is 1.05. The molecule has 1 heterocycles. The molecule has 7 heteroatoms. The third kappa shape index (κ3) is 6.27. The predicted molar refractivity (Wildman–Crippen MR) is 114 cm³/mol. The number of benzene rings is 1. The zero-order valence-electron chi connectivity index (χ0n) is 17.2. The molecule has 156 valence electrons. The summed E-state index contributed by atoms with van der Waals surface area (Å²) >= 11 is 0. The van der Waals surface area contributed by atoms with Crippen LogP contribution < -0.4 is 24.8 Å². The van der Waals surface area contributed by atoms with Crippen molar-refractivity contribution in [2.75, 3.05) is 27.3 Å². The fraction of sp³-hybridized carbons (Fsp3) is 0.455. The average Bonchev–Trinajstić information content (AvgIpc) is 3.28. The standard InChI is InChI=1S/C22H30N4O3/c1-23-22(25-13-14-28-19-10-6-12-24-16-19)26-15-17-7-5-11-20(27-2)21(17)29-18-8-3-4-9-18/h5-7,10-12,16,18H,3-4,8-9,13-15H2,1-2H3,(H2,23,25,26). The number of para-hydroxylation sites is 1. The molecule has 0 aliphatic heterocycles. The Morgan fingerprint density at radius 1 is 1.17 bits per heavy atom. The lowest BCUT2D eigenvalue weighted by atomic mass is 10.1. The molecule has 2 N–H and O–H groups in total. The van der Waals surface area contributed by atoms with Crippen molar-refractivity contribution in [1.29, 1.82) is 0 Å². The largest absolute Gasteiger partial charge is 0.493 e. The van der Waals surface area contributed by atoms with E-state index in [9.17, 15) is 0 Å². The van der Waals surface area contributed by atoms with Crippen molar-refractivity contribution in [3.8, 4) is 17.2 Å². The summed E-state index contributed by atoms with van der Waals surface area (Å²) in [6, 6.07) is 9.71. The first-order valence-corrected chi connectivity index (χ1v) is 10.1. The molecule has 7 nitrogen and oxygen atoms in total. The normalized spacial score (nSPS) is 14.5. The second kappa shape index (κ2) is 11.1. The van der Waals surface area contributed by atoms with Crippen molar-refractivity contribution in [1.82, 2.24) is 15.6 Å². The Bertz CT molecular complexity index is 777. The van der Waals surface area contributed by atoms with Crippen molar-refractivity contribution >= 4 is 5.96 Å². The van der Waals surface area contributed by atoms with Gasteiger partial charge < -0.3 is 24.8 Å². The molecule has 29 heavy (non-hydrogen) atoms. The van der Waals surface area contributed by atoms with Crippen LogP contribution in [0.4, 0.5) is 0 Å². The number of aromatic nitrogens is 1. The number of methoxy groups -OCH3 is 1. The fourth-order valence-electron chi connectivity index (χ4n) is 3.34. The number of hydrogen-bond acceptors (Lipinski definition) is 5. The second-order valence-corrected chi connectivity index (χ2v) is 6.86. The van der Waals surface area contributed by atoms with Gasteiger partial charge in [0.2, 0.25) is 0 Å². The van der Waals surface area contributed by atoms with Gasteiger partial charge in [0.25, 0.3) is 0 Å². The van der Waals surface area contributed by atoms with Crippen molar-refractivity contribution < 1.29 is 14.2 Å². The first-order chi connectivity index (χ1) is 14.3. The van der Waals surface area contributed by atoms with E-state index in [0.717, 1.165) is 35.7 Å². The average molecular weight is 399 g/mol. The monoisotopic (exact) mass is 398 g/mol. The number of rotatable bonds is 9.